The Kier molecular flexibility index (Phi) is 35.8. The number of aliphatic hydroxyl groups is 3. The highest BCUT2D eigenvalue weighted by Crippen LogP contribution is 2.24. The average Bonchev–Trinajstić information content (AvgIpc) is 3.26. The number of unbranched alkanes of at least 4 members (excludes halogenated alkanes) is 8. The smallest absolute Gasteiger partial charge is 0.306 e. The van der Waals surface area contributed by atoms with Gasteiger partial charge in [0.25, 0.3) is 10.1 Å². The second kappa shape index (κ2) is 39.4. The van der Waals surface area contributed by atoms with Crippen LogP contribution in [0.2, 0.25) is 0 Å². The lowest BCUT2D eigenvalue weighted by Crippen LogP contribution is -2.60. The fourth-order valence-corrected chi connectivity index (χ4v) is 6.83. The Bertz CT molecular complexity index is 1640. The number of carbonyl (C=O) groups is 2. The first kappa shape index (κ1) is 58.1. The first-order valence-electron chi connectivity index (χ1n) is 23.2. The van der Waals surface area contributed by atoms with Gasteiger partial charge in [-0.15, -0.1) is 0 Å². The highest BCUT2D eigenvalue weighted by Gasteiger charge is 2.46. The molecule has 0 amide bonds. The fraction of sp³-hybridized carbons (Fsp3) is 0.569. The number of carbonyl (C=O) groups excluding carboxylic acids is 2. The van der Waals surface area contributed by atoms with Gasteiger partial charge in [-0.25, -0.2) is 0 Å². The van der Waals surface area contributed by atoms with Gasteiger partial charge in [-0.2, -0.15) is 8.42 Å². The van der Waals surface area contributed by atoms with Crippen molar-refractivity contribution >= 4 is 22.1 Å². The van der Waals surface area contributed by atoms with Gasteiger partial charge >= 0.3 is 11.9 Å². The molecule has 1 aliphatic heterocycles. The molecule has 360 valence electrons. The topological polar surface area (TPSA) is 186 Å². The Morgan fingerprint density at radius 3 is 1.61 bits per heavy atom. The monoisotopic (exact) mass is 915 g/mol. The number of aliphatic hydroxyl groups excluding tert-OH is 3. The van der Waals surface area contributed by atoms with Crippen molar-refractivity contribution in [3.8, 4) is 0 Å². The highest BCUT2D eigenvalue weighted by atomic mass is 32.2. The van der Waals surface area contributed by atoms with E-state index in [1.54, 1.807) is 0 Å². The molecular formula is C51H78O12S. The fourth-order valence-electron chi connectivity index (χ4n) is 6.14. The van der Waals surface area contributed by atoms with Gasteiger partial charge < -0.3 is 34.3 Å². The predicted octanol–water partition coefficient (Wildman–Crippen LogP) is 9.78. The Hall–Kier alpha value is -3.95. The molecule has 0 radical (unpaired) electrons. The van der Waals surface area contributed by atoms with Crippen LogP contribution in [0.25, 0.3) is 0 Å². The minimum Gasteiger partial charge on any atom is -0.462 e. The molecule has 12 nitrogen and oxygen atoms in total. The van der Waals surface area contributed by atoms with Crippen LogP contribution in [0, 0.1) is 0 Å². The van der Waals surface area contributed by atoms with E-state index >= 15 is 0 Å². The van der Waals surface area contributed by atoms with Crippen molar-refractivity contribution in [2.45, 2.75) is 166 Å². The minimum absolute atomic E-state index is 0.0573. The van der Waals surface area contributed by atoms with Crippen LogP contribution < -0.4 is 0 Å². The molecule has 3 unspecified atom stereocenters. The normalized spacial score (nSPS) is 20.8. The largest absolute Gasteiger partial charge is 0.462 e. The zero-order valence-electron chi connectivity index (χ0n) is 38.3. The first-order valence-corrected chi connectivity index (χ1v) is 24.8. The van der Waals surface area contributed by atoms with E-state index in [9.17, 15) is 37.9 Å². The van der Waals surface area contributed by atoms with Gasteiger partial charge in [-0.05, 0) is 70.6 Å². The van der Waals surface area contributed by atoms with Gasteiger partial charge in [0.15, 0.2) is 12.4 Å². The molecule has 1 saturated heterocycles. The highest BCUT2D eigenvalue weighted by molar-refractivity contribution is 7.85. The van der Waals surface area contributed by atoms with Gasteiger partial charge in [0.1, 0.15) is 36.8 Å². The van der Waals surface area contributed by atoms with Crippen LogP contribution in [0.3, 0.4) is 0 Å². The van der Waals surface area contributed by atoms with E-state index in [0.29, 0.717) is 19.3 Å². The van der Waals surface area contributed by atoms with Crippen molar-refractivity contribution in [1.29, 1.82) is 0 Å². The van der Waals surface area contributed by atoms with Crippen molar-refractivity contribution in [3.05, 3.63) is 122 Å². The molecule has 0 aromatic carbocycles. The molecule has 1 aliphatic rings. The van der Waals surface area contributed by atoms with Crippen LogP contribution >= 0.6 is 0 Å². The molecule has 64 heavy (non-hydrogen) atoms. The molecule has 1 heterocycles. The summed E-state index contributed by atoms with van der Waals surface area (Å²) in [5.41, 5.74) is 0. The molecule has 1 fully saturated rings. The number of hydrogen-bond acceptors (Lipinski definition) is 11. The maximum absolute atomic E-state index is 12.8. The summed E-state index contributed by atoms with van der Waals surface area (Å²) < 4.78 is 54.0. The maximum atomic E-state index is 12.8. The van der Waals surface area contributed by atoms with Crippen LogP contribution in [0.1, 0.15) is 129 Å². The molecule has 0 saturated carbocycles. The lowest BCUT2D eigenvalue weighted by Gasteiger charge is -2.40. The van der Waals surface area contributed by atoms with Crippen LogP contribution in [0.4, 0.5) is 0 Å². The van der Waals surface area contributed by atoms with Crippen LogP contribution in [-0.2, 0) is 38.7 Å². The summed E-state index contributed by atoms with van der Waals surface area (Å²) in [6.07, 6.45) is 46.8. The summed E-state index contributed by atoms with van der Waals surface area (Å²) in [4.78, 5) is 25.4. The standard InChI is InChI=1S/C51H78O12S/c1-3-5-7-9-11-13-15-17-18-19-20-21-22-23-24-25-26-28-29-31-33-35-37-39-46(52)60-41-44(42-61-51-50(56)49(55)48(54)45(63-51)43-64(57,58)59)62-47(53)40-38-36-34-32-30-27-16-14-12-10-8-6-4-2/h5-8,10-14,16-18,20-21,23-24,27,30,32,34,44-45,48-51,54-56H,3-4,9,15,19,22,25-26,28-29,31,33,35-43H2,1-2H3,(H,57,58,59)/b7-5+,8-6+,12-10+,13-11+,16-14+,18-17+,21-20+,24-23+,30-27+,34-32+/t44?,45-,48-,49?,50?,51+/m1/s1. The Labute approximate surface area is 384 Å². The molecule has 0 bridgehead atoms. The van der Waals surface area contributed by atoms with Gasteiger partial charge in [0.05, 0.1) is 6.61 Å². The molecule has 6 atom stereocenters. The predicted molar refractivity (Wildman–Crippen MR) is 256 cm³/mol. The zero-order chi connectivity index (χ0) is 46.9. The quantitative estimate of drug-likeness (QED) is 0.0154. The van der Waals surface area contributed by atoms with Gasteiger partial charge in [0, 0.05) is 12.8 Å². The van der Waals surface area contributed by atoms with Crippen molar-refractivity contribution in [3.63, 3.8) is 0 Å². The number of allylic oxidation sites excluding steroid dienone is 20. The number of hydrogen-bond donors (Lipinski definition) is 4. The van der Waals surface area contributed by atoms with Crippen molar-refractivity contribution in [2.75, 3.05) is 19.0 Å². The summed E-state index contributed by atoms with van der Waals surface area (Å²) >= 11 is 0. The van der Waals surface area contributed by atoms with E-state index in [4.69, 9.17) is 18.9 Å². The minimum atomic E-state index is -4.62. The van der Waals surface area contributed by atoms with E-state index in [-0.39, 0.29) is 19.4 Å². The molecule has 0 aromatic heterocycles. The van der Waals surface area contributed by atoms with Crippen LogP contribution in [0.5, 0.6) is 0 Å². The SMILES string of the molecule is CC/C=C/C=C/C=C/C=C/C=C/CCCC(=O)OC(COC(=O)CCCCCCCCC/C=C/C/C=C/C/C=C/C/C=C/C/C=C/CC)CO[C@H]1O[C@H](CS(=O)(=O)O)[C@@H](O)C(O)C1O. The number of ether oxygens (including phenoxy) is 4. The Morgan fingerprint density at radius 1 is 0.547 bits per heavy atom. The van der Waals surface area contributed by atoms with Crippen molar-refractivity contribution < 1.29 is 56.8 Å². The van der Waals surface area contributed by atoms with E-state index in [1.807, 2.05) is 54.7 Å². The molecular weight excluding hydrogens is 837 g/mol. The number of rotatable bonds is 36. The first-order chi connectivity index (χ1) is 31.0. The lowest BCUT2D eigenvalue weighted by atomic mass is 10.00. The second-order valence-corrected chi connectivity index (χ2v) is 16.9. The van der Waals surface area contributed by atoms with Crippen molar-refractivity contribution in [2.24, 2.45) is 0 Å². The van der Waals surface area contributed by atoms with E-state index in [0.717, 1.165) is 83.5 Å². The summed E-state index contributed by atoms with van der Waals surface area (Å²) in [7, 11) is -4.62. The molecule has 0 spiro atoms. The van der Waals surface area contributed by atoms with Gasteiger partial charge in [0.2, 0.25) is 0 Å². The molecule has 1 rings (SSSR count). The zero-order valence-corrected chi connectivity index (χ0v) is 39.1. The van der Waals surface area contributed by atoms with E-state index < -0.39 is 71.2 Å². The average molecular weight is 915 g/mol. The lowest BCUT2D eigenvalue weighted by molar-refractivity contribution is -0.297. The molecule has 4 N–H and O–H groups in total. The van der Waals surface area contributed by atoms with Gasteiger partial charge in [-0.3, -0.25) is 14.1 Å². The van der Waals surface area contributed by atoms with Crippen LogP contribution in [-0.4, -0.2) is 96.0 Å². The van der Waals surface area contributed by atoms with Gasteiger partial charge in [-0.1, -0.05) is 167 Å². The third-order valence-corrected chi connectivity index (χ3v) is 10.4. The van der Waals surface area contributed by atoms with E-state index in [2.05, 4.69) is 80.7 Å². The van der Waals surface area contributed by atoms with E-state index in [1.165, 1.54) is 0 Å². The Balaban J connectivity index is 2.44. The second-order valence-electron chi connectivity index (χ2n) is 15.4. The van der Waals surface area contributed by atoms with Crippen molar-refractivity contribution in [1.82, 2.24) is 0 Å². The number of esters is 2. The molecule has 0 aromatic rings. The third-order valence-electron chi connectivity index (χ3n) is 9.66. The Morgan fingerprint density at radius 2 is 1.03 bits per heavy atom. The maximum Gasteiger partial charge on any atom is 0.306 e. The summed E-state index contributed by atoms with van der Waals surface area (Å²) in [5, 5.41) is 30.9. The summed E-state index contributed by atoms with van der Waals surface area (Å²) in [5.74, 6) is -2.12. The summed E-state index contributed by atoms with van der Waals surface area (Å²) in [6.45, 7) is 3.41. The van der Waals surface area contributed by atoms with Crippen LogP contribution in [0.15, 0.2) is 122 Å². The molecule has 13 heteroatoms. The third kappa shape index (κ3) is 33.5. The molecule has 0 aliphatic carbocycles. The summed E-state index contributed by atoms with van der Waals surface area (Å²) in [6, 6.07) is 0.